The van der Waals surface area contributed by atoms with Crippen LogP contribution in [0.4, 0.5) is 11.6 Å². The van der Waals surface area contributed by atoms with E-state index in [1.165, 1.54) is 5.39 Å². The number of benzene rings is 1. The van der Waals surface area contributed by atoms with Crippen LogP contribution in [-0.2, 0) is 0 Å². The number of rotatable bonds is 4. The van der Waals surface area contributed by atoms with Gasteiger partial charge < -0.3 is 14.9 Å². The number of aromatic nitrogens is 3. The zero-order valence-electron chi connectivity index (χ0n) is 15.2. The Bertz CT molecular complexity index is 956. The van der Waals surface area contributed by atoms with E-state index in [1.807, 2.05) is 12.1 Å². The molecule has 4 heterocycles. The van der Waals surface area contributed by atoms with Crippen LogP contribution in [0, 0.1) is 0 Å². The van der Waals surface area contributed by atoms with Crippen LogP contribution < -0.4 is 9.80 Å². The number of aliphatic hydroxyl groups is 1. The lowest BCUT2D eigenvalue weighted by molar-refractivity contribution is 0.265. The molecule has 6 nitrogen and oxygen atoms in total. The first-order chi connectivity index (χ1) is 13.3. The summed E-state index contributed by atoms with van der Waals surface area (Å²) in [6.45, 7) is 2.91. The third-order valence-electron chi connectivity index (χ3n) is 5.74. The largest absolute Gasteiger partial charge is 0.394 e. The van der Waals surface area contributed by atoms with Gasteiger partial charge in [0.15, 0.2) is 5.82 Å². The van der Waals surface area contributed by atoms with Gasteiger partial charge in [0.25, 0.3) is 0 Å². The molecule has 2 aliphatic heterocycles. The van der Waals surface area contributed by atoms with Crippen molar-refractivity contribution in [2.24, 2.45) is 0 Å². The van der Waals surface area contributed by atoms with Crippen LogP contribution in [0.3, 0.4) is 0 Å². The Balaban J connectivity index is 1.36. The second-order valence-electron chi connectivity index (χ2n) is 7.40. The molecular formula is C21H23N5O. The summed E-state index contributed by atoms with van der Waals surface area (Å²) in [4.78, 5) is 18.6. The van der Waals surface area contributed by atoms with Crippen molar-refractivity contribution in [3.8, 4) is 0 Å². The van der Waals surface area contributed by atoms with E-state index < -0.39 is 0 Å². The Labute approximate surface area is 158 Å². The van der Waals surface area contributed by atoms with Crippen LogP contribution in [0.25, 0.3) is 10.9 Å². The number of aliphatic hydroxyl groups excluding tert-OH is 1. The molecule has 27 heavy (non-hydrogen) atoms. The molecule has 0 aliphatic carbocycles. The van der Waals surface area contributed by atoms with E-state index in [1.54, 1.807) is 12.4 Å². The molecule has 1 aromatic carbocycles. The van der Waals surface area contributed by atoms with Gasteiger partial charge in [0.05, 0.1) is 23.9 Å². The molecule has 6 heteroatoms. The van der Waals surface area contributed by atoms with Crippen molar-refractivity contribution in [1.82, 2.24) is 15.0 Å². The molecule has 2 aliphatic rings. The fourth-order valence-electron chi connectivity index (χ4n) is 4.23. The number of anilines is 2. The summed E-state index contributed by atoms with van der Waals surface area (Å²) in [5.74, 6) is 2.32. The van der Waals surface area contributed by atoms with Gasteiger partial charge in [-0.3, -0.25) is 4.98 Å². The highest BCUT2D eigenvalue weighted by atomic mass is 16.3. The molecule has 138 valence electrons. The Morgan fingerprint density at radius 2 is 1.89 bits per heavy atom. The highest BCUT2D eigenvalue weighted by Gasteiger charge is 2.35. The first-order valence-corrected chi connectivity index (χ1v) is 9.62. The van der Waals surface area contributed by atoms with Crippen LogP contribution in [0.1, 0.15) is 24.5 Å². The van der Waals surface area contributed by atoms with E-state index in [0.717, 1.165) is 55.3 Å². The summed E-state index contributed by atoms with van der Waals surface area (Å²) in [7, 11) is 0. The van der Waals surface area contributed by atoms with Gasteiger partial charge in [-0.15, -0.1) is 0 Å². The van der Waals surface area contributed by atoms with Crippen molar-refractivity contribution in [2.45, 2.75) is 24.8 Å². The number of hydrogen-bond donors (Lipinski definition) is 1. The fourth-order valence-corrected chi connectivity index (χ4v) is 4.23. The molecule has 0 radical (unpaired) electrons. The van der Waals surface area contributed by atoms with Crippen molar-refractivity contribution >= 4 is 22.5 Å². The Kier molecular flexibility index (Phi) is 4.13. The van der Waals surface area contributed by atoms with E-state index in [2.05, 4.69) is 44.0 Å². The van der Waals surface area contributed by atoms with E-state index >= 15 is 0 Å². The van der Waals surface area contributed by atoms with E-state index in [9.17, 15) is 5.11 Å². The zero-order chi connectivity index (χ0) is 18.2. The Hall–Kier alpha value is -2.73. The van der Waals surface area contributed by atoms with Crippen molar-refractivity contribution in [3.63, 3.8) is 0 Å². The minimum Gasteiger partial charge on any atom is -0.394 e. The molecule has 0 amide bonds. The monoisotopic (exact) mass is 361 g/mol. The van der Waals surface area contributed by atoms with Gasteiger partial charge >= 0.3 is 0 Å². The molecule has 0 bridgehead atoms. The van der Waals surface area contributed by atoms with Crippen molar-refractivity contribution < 1.29 is 5.11 Å². The van der Waals surface area contributed by atoms with Crippen LogP contribution >= 0.6 is 0 Å². The highest BCUT2D eigenvalue weighted by molar-refractivity contribution is 5.80. The SMILES string of the molecule is OCC1CCCN1c1nccnc1C1CN(c2ccc3ccccc3n2)C1. The lowest BCUT2D eigenvalue weighted by Crippen LogP contribution is -2.47. The van der Waals surface area contributed by atoms with E-state index in [4.69, 9.17) is 4.98 Å². The summed E-state index contributed by atoms with van der Waals surface area (Å²) < 4.78 is 0. The maximum absolute atomic E-state index is 9.67. The number of fused-ring (bicyclic) bond motifs is 1. The Morgan fingerprint density at radius 3 is 2.78 bits per heavy atom. The molecule has 0 saturated carbocycles. The molecule has 0 spiro atoms. The molecule has 2 saturated heterocycles. The van der Waals surface area contributed by atoms with Gasteiger partial charge in [-0.2, -0.15) is 0 Å². The normalized spacial score (nSPS) is 20.3. The first kappa shape index (κ1) is 16.4. The first-order valence-electron chi connectivity index (χ1n) is 9.62. The maximum atomic E-state index is 9.67. The quantitative estimate of drug-likeness (QED) is 0.771. The summed E-state index contributed by atoms with van der Waals surface area (Å²) in [6, 6.07) is 12.6. The minimum absolute atomic E-state index is 0.166. The maximum Gasteiger partial charge on any atom is 0.151 e. The third kappa shape index (κ3) is 2.90. The number of para-hydroxylation sites is 1. The second-order valence-corrected chi connectivity index (χ2v) is 7.40. The van der Waals surface area contributed by atoms with Crippen molar-refractivity contribution in [2.75, 3.05) is 36.0 Å². The summed E-state index contributed by atoms with van der Waals surface area (Å²) >= 11 is 0. The standard InChI is InChI=1S/C21H23N5O/c27-14-17-5-3-11-26(17)21-20(22-9-10-23-21)16-12-25(13-16)19-8-7-15-4-1-2-6-18(15)24-19/h1-2,4,6-10,16-17,27H,3,5,11-14H2. The van der Waals surface area contributed by atoms with E-state index in [-0.39, 0.29) is 12.6 Å². The number of pyridine rings is 1. The molecule has 1 atom stereocenters. The predicted molar refractivity (Wildman–Crippen MR) is 106 cm³/mol. The molecule has 2 fully saturated rings. The molecule has 2 aromatic heterocycles. The molecule has 1 unspecified atom stereocenters. The van der Waals surface area contributed by atoms with Crippen LogP contribution in [0.15, 0.2) is 48.8 Å². The van der Waals surface area contributed by atoms with Crippen LogP contribution in [-0.4, -0.2) is 52.3 Å². The van der Waals surface area contributed by atoms with Gasteiger partial charge in [-0.25, -0.2) is 9.97 Å². The van der Waals surface area contributed by atoms with Crippen molar-refractivity contribution in [1.29, 1.82) is 0 Å². The second kappa shape index (κ2) is 6.78. The summed E-state index contributed by atoms with van der Waals surface area (Å²) in [5.41, 5.74) is 2.08. The smallest absolute Gasteiger partial charge is 0.151 e. The van der Waals surface area contributed by atoms with Crippen LogP contribution in [0.2, 0.25) is 0 Å². The van der Waals surface area contributed by atoms with Gasteiger partial charge in [0.1, 0.15) is 5.82 Å². The Morgan fingerprint density at radius 1 is 1.04 bits per heavy atom. The fraction of sp³-hybridized carbons (Fsp3) is 0.381. The van der Waals surface area contributed by atoms with E-state index in [0.29, 0.717) is 5.92 Å². The van der Waals surface area contributed by atoms with Gasteiger partial charge in [0.2, 0.25) is 0 Å². The molecular weight excluding hydrogens is 338 g/mol. The molecule has 5 rings (SSSR count). The zero-order valence-corrected chi connectivity index (χ0v) is 15.2. The summed E-state index contributed by atoms with van der Waals surface area (Å²) in [6.07, 6.45) is 5.65. The average Bonchev–Trinajstić information content (AvgIpc) is 3.16. The number of hydrogen-bond acceptors (Lipinski definition) is 6. The molecule has 1 N–H and O–H groups in total. The minimum atomic E-state index is 0.166. The average molecular weight is 361 g/mol. The van der Waals surface area contributed by atoms with Crippen molar-refractivity contribution in [3.05, 3.63) is 54.5 Å². The van der Waals surface area contributed by atoms with Gasteiger partial charge in [-0.1, -0.05) is 18.2 Å². The highest BCUT2D eigenvalue weighted by Crippen LogP contribution is 2.36. The van der Waals surface area contributed by atoms with Gasteiger partial charge in [0, 0.05) is 43.3 Å². The van der Waals surface area contributed by atoms with Gasteiger partial charge in [-0.05, 0) is 31.0 Å². The lowest BCUT2D eigenvalue weighted by atomic mass is 9.95. The summed E-state index contributed by atoms with van der Waals surface area (Å²) in [5, 5.41) is 10.8. The topological polar surface area (TPSA) is 65.4 Å². The van der Waals surface area contributed by atoms with Crippen LogP contribution in [0.5, 0.6) is 0 Å². The molecule has 3 aromatic rings. The lowest BCUT2D eigenvalue weighted by Gasteiger charge is -2.41. The third-order valence-corrected chi connectivity index (χ3v) is 5.74. The predicted octanol–water partition coefficient (Wildman–Crippen LogP) is 2.59. The number of nitrogens with zero attached hydrogens (tertiary/aromatic N) is 5.